The van der Waals surface area contributed by atoms with Crippen molar-refractivity contribution in [1.29, 1.82) is 0 Å². The number of aliphatic hydroxyl groups is 4. The Bertz CT molecular complexity index is 1220. The molecule has 5 unspecified atom stereocenters. The van der Waals surface area contributed by atoms with Crippen LogP contribution in [0.25, 0.3) is 0 Å². The SMILES string of the molecule is O=C(CCCCC1SCC2NC(=O)NC21)NCCOCCOCCOCCOCCC(=O)NCCOC[C@@H](O)C1OC(OP(=O)(O)O)=C(O)C(O)[C@@H]1O. The zero-order valence-corrected chi connectivity index (χ0v) is 31.0. The van der Waals surface area contributed by atoms with Crippen molar-refractivity contribution in [2.24, 2.45) is 0 Å². The lowest BCUT2D eigenvalue weighted by Gasteiger charge is -2.35. The fourth-order valence-electron chi connectivity index (χ4n) is 5.40. The molecule has 53 heavy (non-hydrogen) atoms. The van der Waals surface area contributed by atoms with Gasteiger partial charge in [-0.25, -0.2) is 9.36 Å². The molecular weight excluding hydrogens is 751 g/mol. The minimum atomic E-state index is -5.17. The minimum Gasteiger partial charge on any atom is -0.504 e. The van der Waals surface area contributed by atoms with Gasteiger partial charge in [-0.1, -0.05) is 6.42 Å². The number of amides is 4. The molecular formula is C30H53N4O17PS. The van der Waals surface area contributed by atoms with Gasteiger partial charge in [0.25, 0.3) is 0 Å². The highest BCUT2D eigenvalue weighted by molar-refractivity contribution is 8.00. The average molecular weight is 805 g/mol. The quantitative estimate of drug-likeness (QED) is 0.0227. The van der Waals surface area contributed by atoms with E-state index in [0.717, 1.165) is 25.0 Å². The molecule has 4 amide bonds. The summed E-state index contributed by atoms with van der Waals surface area (Å²) in [6.07, 6.45) is -3.89. The summed E-state index contributed by atoms with van der Waals surface area (Å²) in [5.74, 6) is -1.68. The van der Waals surface area contributed by atoms with Crippen molar-refractivity contribution >= 4 is 37.4 Å². The molecule has 23 heteroatoms. The largest absolute Gasteiger partial charge is 0.527 e. The molecule has 306 valence electrons. The summed E-state index contributed by atoms with van der Waals surface area (Å²) in [7, 11) is -5.17. The number of hydrogen-bond acceptors (Lipinski definition) is 16. The predicted octanol–water partition coefficient (Wildman–Crippen LogP) is -2.26. The van der Waals surface area contributed by atoms with Crippen LogP contribution in [0.3, 0.4) is 0 Å². The highest BCUT2D eigenvalue weighted by Crippen LogP contribution is 2.42. The molecule has 0 aromatic rings. The van der Waals surface area contributed by atoms with E-state index in [-0.39, 0.29) is 62.7 Å². The summed E-state index contributed by atoms with van der Waals surface area (Å²) in [6.45, 7) is 2.62. The van der Waals surface area contributed by atoms with Crippen LogP contribution in [0, 0.1) is 0 Å². The van der Waals surface area contributed by atoms with Crippen LogP contribution in [0.2, 0.25) is 0 Å². The lowest BCUT2D eigenvalue weighted by Crippen LogP contribution is -2.51. The van der Waals surface area contributed by atoms with Gasteiger partial charge in [-0.05, 0) is 12.8 Å². The van der Waals surface area contributed by atoms with Crippen LogP contribution in [0.15, 0.2) is 11.7 Å². The Balaban J connectivity index is 1.03. The maximum atomic E-state index is 12.0. The molecule has 3 aliphatic rings. The topological polar surface area (TPSA) is 302 Å². The average Bonchev–Trinajstić information content (AvgIpc) is 3.66. The molecule has 3 aliphatic heterocycles. The van der Waals surface area contributed by atoms with Gasteiger partial charge in [0.05, 0.1) is 78.2 Å². The van der Waals surface area contributed by atoms with Crippen LogP contribution < -0.4 is 21.3 Å². The monoisotopic (exact) mass is 804 g/mol. The molecule has 0 spiro atoms. The lowest BCUT2D eigenvalue weighted by atomic mass is 10.00. The molecule has 2 saturated heterocycles. The molecule has 3 rings (SSSR count). The first-order chi connectivity index (χ1) is 25.4. The third-order valence-corrected chi connectivity index (χ3v) is 9.98. The van der Waals surface area contributed by atoms with E-state index < -0.39 is 50.5 Å². The van der Waals surface area contributed by atoms with Gasteiger partial charge in [-0.3, -0.25) is 19.4 Å². The van der Waals surface area contributed by atoms with Crippen LogP contribution in [0.5, 0.6) is 0 Å². The number of unbranched alkanes of at least 4 members (excludes halogenated alkanes) is 1. The number of hydrogen-bond donors (Lipinski definition) is 10. The van der Waals surface area contributed by atoms with Crippen molar-refractivity contribution in [3.05, 3.63) is 11.7 Å². The fourth-order valence-corrected chi connectivity index (χ4v) is 7.30. The molecule has 0 bridgehead atoms. The van der Waals surface area contributed by atoms with Crippen molar-refractivity contribution in [3.8, 4) is 0 Å². The Hall–Kier alpha value is -2.47. The van der Waals surface area contributed by atoms with Gasteiger partial charge in [0.15, 0.2) is 6.10 Å². The van der Waals surface area contributed by atoms with Gasteiger partial charge < -0.3 is 74.6 Å². The van der Waals surface area contributed by atoms with Crippen LogP contribution in [-0.4, -0.2) is 175 Å². The number of carbonyl (C=O) groups excluding carboxylic acids is 3. The smallest absolute Gasteiger partial charge is 0.504 e. The number of rotatable bonds is 28. The first-order valence-electron chi connectivity index (χ1n) is 17.4. The summed E-state index contributed by atoms with van der Waals surface area (Å²) in [4.78, 5) is 53.2. The Morgan fingerprint density at radius 1 is 0.868 bits per heavy atom. The molecule has 0 radical (unpaired) electrons. The van der Waals surface area contributed by atoms with Crippen molar-refractivity contribution < 1.29 is 82.1 Å². The minimum absolute atomic E-state index is 0.00229. The van der Waals surface area contributed by atoms with Crippen molar-refractivity contribution in [2.75, 3.05) is 84.9 Å². The first-order valence-corrected chi connectivity index (χ1v) is 19.9. The Morgan fingerprint density at radius 3 is 2.09 bits per heavy atom. The maximum absolute atomic E-state index is 12.0. The lowest BCUT2D eigenvalue weighted by molar-refractivity contribution is -0.167. The number of ether oxygens (including phenoxy) is 6. The second kappa shape index (κ2) is 24.1. The summed E-state index contributed by atoms with van der Waals surface area (Å²) < 4.78 is 47.0. The molecule has 10 N–H and O–H groups in total. The predicted molar refractivity (Wildman–Crippen MR) is 184 cm³/mol. The summed E-state index contributed by atoms with van der Waals surface area (Å²) in [5, 5.41) is 51.5. The van der Waals surface area contributed by atoms with Gasteiger partial charge in [-0.2, -0.15) is 11.8 Å². The van der Waals surface area contributed by atoms with E-state index in [1.807, 2.05) is 11.8 Å². The molecule has 3 heterocycles. The number of aliphatic hydroxyl groups excluding tert-OH is 4. The van der Waals surface area contributed by atoms with Crippen molar-refractivity contribution in [1.82, 2.24) is 21.3 Å². The van der Waals surface area contributed by atoms with E-state index in [1.165, 1.54) is 0 Å². The number of fused-ring (bicyclic) bond motifs is 1. The third kappa shape index (κ3) is 17.3. The number of carbonyl (C=O) groups is 3. The van der Waals surface area contributed by atoms with Crippen LogP contribution in [0.1, 0.15) is 32.1 Å². The Morgan fingerprint density at radius 2 is 1.45 bits per heavy atom. The number of nitrogens with one attached hydrogen (secondary N) is 4. The summed E-state index contributed by atoms with van der Waals surface area (Å²) in [5.41, 5.74) is 0. The highest BCUT2D eigenvalue weighted by Gasteiger charge is 2.45. The van der Waals surface area contributed by atoms with E-state index in [4.69, 9.17) is 38.2 Å². The molecule has 0 aliphatic carbocycles. The first kappa shape index (κ1) is 44.9. The zero-order valence-electron chi connectivity index (χ0n) is 29.3. The maximum Gasteiger partial charge on any atom is 0.527 e. The van der Waals surface area contributed by atoms with Crippen LogP contribution in [-0.2, 0) is 47.1 Å². The summed E-state index contributed by atoms with van der Waals surface area (Å²) in [6, 6.07) is 0.322. The van der Waals surface area contributed by atoms with Gasteiger partial charge >= 0.3 is 19.8 Å². The fraction of sp³-hybridized carbons (Fsp3) is 0.833. The second-order valence-corrected chi connectivity index (χ2v) is 14.6. The zero-order chi connectivity index (χ0) is 38.6. The number of phosphoric ester groups is 1. The molecule has 21 nitrogen and oxygen atoms in total. The van der Waals surface area contributed by atoms with E-state index in [2.05, 4.69) is 25.8 Å². The Kier molecular flexibility index (Phi) is 20.5. The third-order valence-electron chi connectivity index (χ3n) is 8.07. The highest BCUT2D eigenvalue weighted by atomic mass is 32.2. The standard InChI is InChI=1S/C30H53N4O17PS/c35-20(28-26(39)25(38)27(40)29(50-28)51-52(42,43)44)17-49-10-7-32-23(37)5-8-45-11-13-47-15-16-48-14-12-46-9-6-31-22(36)4-2-1-3-21-24-19(18-53-21)33-30(41)34-24/h19-21,24-26,28,35,38-40H,1-18H2,(H,31,36)(H,32,37)(H2,33,34,41)(H2,42,43,44)/t19?,20-,21?,24?,25?,26+,28?/m1/s1. The van der Waals surface area contributed by atoms with Gasteiger partial charge in [0, 0.05) is 36.9 Å². The summed E-state index contributed by atoms with van der Waals surface area (Å²) >= 11 is 1.87. The van der Waals surface area contributed by atoms with Gasteiger partial charge in [-0.15, -0.1) is 0 Å². The second-order valence-electron chi connectivity index (χ2n) is 12.2. The molecule has 0 aromatic heterocycles. The molecule has 0 aromatic carbocycles. The number of thioether (sulfide) groups is 1. The normalized spacial score (nSPS) is 24.6. The van der Waals surface area contributed by atoms with E-state index in [0.29, 0.717) is 57.9 Å². The van der Waals surface area contributed by atoms with Gasteiger partial charge in [0.1, 0.15) is 18.3 Å². The van der Waals surface area contributed by atoms with E-state index in [9.17, 15) is 39.4 Å². The Labute approximate surface area is 311 Å². The van der Waals surface area contributed by atoms with Crippen LogP contribution in [0.4, 0.5) is 4.79 Å². The number of urea groups is 1. The molecule has 0 saturated carbocycles. The van der Waals surface area contributed by atoms with E-state index in [1.54, 1.807) is 0 Å². The van der Waals surface area contributed by atoms with Crippen molar-refractivity contribution in [2.45, 2.75) is 73.9 Å². The van der Waals surface area contributed by atoms with E-state index >= 15 is 0 Å². The van der Waals surface area contributed by atoms with Gasteiger partial charge in [0.2, 0.25) is 17.6 Å². The molecule has 2 fully saturated rings. The molecule has 7 atom stereocenters. The van der Waals surface area contributed by atoms with Crippen molar-refractivity contribution in [3.63, 3.8) is 0 Å². The van der Waals surface area contributed by atoms with Crippen LogP contribution >= 0.6 is 19.6 Å². The number of phosphoric acid groups is 1.